The molecule has 2 aromatic rings. The molecule has 0 unspecified atom stereocenters. The van der Waals surface area contributed by atoms with Crippen LogP contribution in [0.15, 0.2) is 53.5 Å². The third kappa shape index (κ3) is 5.16. The van der Waals surface area contributed by atoms with Crippen LogP contribution in [0.3, 0.4) is 0 Å². The smallest absolute Gasteiger partial charge is 0.331 e. The summed E-state index contributed by atoms with van der Waals surface area (Å²) in [6.45, 7) is 0.173. The lowest BCUT2D eigenvalue weighted by Gasteiger charge is -2.17. The van der Waals surface area contributed by atoms with Gasteiger partial charge in [-0.1, -0.05) is 18.2 Å². The molecule has 4 amide bonds. The number of carbonyl (C=O) groups excluding carboxylic acids is 3. The molecule has 1 fully saturated rings. The Kier molecular flexibility index (Phi) is 6.63. The fourth-order valence-electron chi connectivity index (χ4n) is 3.18. The molecule has 12 heteroatoms. The molecule has 1 saturated heterocycles. The van der Waals surface area contributed by atoms with Crippen LogP contribution in [-0.2, 0) is 16.0 Å². The number of nitro benzene ring substituents is 1. The number of hydrogen-bond donors (Lipinski definition) is 3. The Morgan fingerprint density at radius 3 is 2.53 bits per heavy atom. The van der Waals surface area contributed by atoms with Crippen molar-refractivity contribution in [2.24, 2.45) is 16.5 Å². The number of aliphatic imine (C=N–C) groups is 1. The second-order valence-corrected chi connectivity index (χ2v) is 6.90. The maximum atomic E-state index is 12.5. The van der Waals surface area contributed by atoms with Gasteiger partial charge in [-0.25, -0.2) is 14.7 Å². The van der Waals surface area contributed by atoms with Gasteiger partial charge >= 0.3 is 6.03 Å². The van der Waals surface area contributed by atoms with E-state index in [9.17, 15) is 24.5 Å². The largest absolute Gasteiger partial charge is 0.370 e. The van der Waals surface area contributed by atoms with Crippen molar-refractivity contribution in [1.82, 2.24) is 10.2 Å². The standard InChI is InChI=1S/C20H21N7O5/c21-19(22)24-16-11-15(27(31)32)7-6-13(16)10-17(28)23-8-9-25-12-18(29)26(20(25)30)14-4-2-1-3-5-14/h1-7,11H,8-10,12H2,(H,23,28)(H4,21,22,24). The van der Waals surface area contributed by atoms with Crippen molar-refractivity contribution in [2.45, 2.75) is 6.42 Å². The number of hydrogen-bond acceptors (Lipinski definition) is 6. The second-order valence-electron chi connectivity index (χ2n) is 6.90. The highest BCUT2D eigenvalue weighted by Crippen LogP contribution is 2.25. The molecule has 1 aliphatic heterocycles. The number of urea groups is 1. The maximum Gasteiger partial charge on any atom is 0.331 e. The fraction of sp³-hybridized carbons (Fsp3) is 0.200. The highest BCUT2D eigenvalue weighted by molar-refractivity contribution is 6.19. The van der Waals surface area contributed by atoms with Gasteiger partial charge < -0.3 is 21.7 Å². The molecule has 0 saturated carbocycles. The summed E-state index contributed by atoms with van der Waals surface area (Å²) in [5, 5.41) is 13.6. The van der Waals surface area contributed by atoms with Gasteiger partial charge in [0, 0.05) is 25.2 Å². The van der Waals surface area contributed by atoms with E-state index in [1.807, 2.05) is 0 Å². The van der Waals surface area contributed by atoms with Crippen molar-refractivity contribution in [2.75, 3.05) is 24.5 Å². The van der Waals surface area contributed by atoms with E-state index in [0.717, 1.165) is 4.90 Å². The van der Waals surface area contributed by atoms with Crippen LogP contribution in [0.2, 0.25) is 0 Å². The molecular formula is C20H21N7O5. The van der Waals surface area contributed by atoms with Crippen molar-refractivity contribution < 1.29 is 19.3 Å². The van der Waals surface area contributed by atoms with E-state index in [-0.39, 0.29) is 49.3 Å². The average molecular weight is 439 g/mol. The number of benzene rings is 2. The van der Waals surface area contributed by atoms with Gasteiger partial charge in [-0.05, 0) is 23.8 Å². The normalized spacial score (nSPS) is 13.2. The predicted molar refractivity (Wildman–Crippen MR) is 116 cm³/mol. The van der Waals surface area contributed by atoms with Crippen molar-refractivity contribution in [3.63, 3.8) is 0 Å². The number of guanidine groups is 1. The minimum atomic E-state index is -0.595. The average Bonchev–Trinajstić information content (AvgIpc) is 3.02. The topological polar surface area (TPSA) is 177 Å². The van der Waals surface area contributed by atoms with Crippen LogP contribution in [0.5, 0.6) is 0 Å². The molecule has 2 aromatic carbocycles. The molecule has 12 nitrogen and oxygen atoms in total. The van der Waals surface area contributed by atoms with Gasteiger partial charge in [-0.15, -0.1) is 0 Å². The molecule has 0 radical (unpaired) electrons. The van der Waals surface area contributed by atoms with Crippen molar-refractivity contribution in [3.05, 3.63) is 64.2 Å². The first-order valence-corrected chi connectivity index (χ1v) is 9.57. The number of nitrogens with two attached hydrogens (primary N) is 2. The minimum Gasteiger partial charge on any atom is -0.370 e. The summed E-state index contributed by atoms with van der Waals surface area (Å²) in [5.74, 6) is -1.04. The van der Waals surface area contributed by atoms with E-state index >= 15 is 0 Å². The van der Waals surface area contributed by atoms with Crippen LogP contribution in [0.4, 0.5) is 21.9 Å². The first-order chi connectivity index (χ1) is 15.3. The van der Waals surface area contributed by atoms with Crippen LogP contribution < -0.4 is 21.7 Å². The second kappa shape index (κ2) is 9.55. The predicted octanol–water partition coefficient (Wildman–Crippen LogP) is 0.627. The van der Waals surface area contributed by atoms with Crippen LogP contribution in [-0.4, -0.2) is 53.3 Å². The number of anilines is 1. The summed E-state index contributed by atoms with van der Waals surface area (Å²) in [5.41, 5.74) is 11.5. The Labute approximate surface area is 182 Å². The van der Waals surface area contributed by atoms with Gasteiger partial charge in [0.05, 0.1) is 22.7 Å². The molecule has 0 aliphatic carbocycles. The molecule has 1 heterocycles. The zero-order chi connectivity index (χ0) is 23.3. The summed E-state index contributed by atoms with van der Waals surface area (Å²) in [4.78, 5) is 53.8. The first kappa shape index (κ1) is 22.2. The van der Waals surface area contributed by atoms with Crippen LogP contribution >= 0.6 is 0 Å². The van der Waals surface area contributed by atoms with Crippen LogP contribution in [0, 0.1) is 10.1 Å². The molecule has 5 N–H and O–H groups in total. The highest BCUT2D eigenvalue weighted by Gasteiger charge is 2.36. The number of amides is 4. The van der Waals surface area contributed by atoms with E-state index in [1.165, 1.54) is 23.1 Å². The molecule has 0 spiro atoms. The number of nitrogens with one attached hydrogen (secondary N) is 1. The Bertz CT molecular complexity index is 1080. The van der Waals surface area contributed by atoms with Gasteiger partial charge in [0.1, 0.15) is 6.54 Å². The van der Waals surface area contributed by atoms with Crippen LogP contribution in [0.1, 0.15) is 5.56 Å². The summed E-state index contributed by atoms with van der Waals surface area (Å²) in [6, 6.07) is 11.9. The third-order valence-electron chi connectivity index (χ3n) is 4.64. The third-order valence-corrected chi connectivity index (χ3v) is 4.64. The summed E-state index contributed by atoms with van der Waals surface area (Å²) in [7, 11) is 0. The molecular weight excluding hydrogens is 418 g/mol. The number of non-ortho nitro benzene ring substituents is 1. The number of imide groups is 1. The molecule has 0 atom stereocenters. The number of para-hydroxylation sites is 1. The number of nitrogens with zero attached hydrogens (tertiary/aromatic N) is 4. The molecule has 166 valence electrons. The minimum absolute atomic E-state index is 0.0827. The Morgan fingerprint density at radius 2 is 1.88 bits per heavy atom. The zero-order valence-electron chi connectivity index (χ0n) is 16.9. The SMILES string of the molecule is NC(N)=Nc1cc([N+](=O)[O-])ccc1CC(=O)NCCN1CC(=O)N(c2ccccc2)C1=O. The Morgan fingerprint density at radius 1 is 1.16 bits per heavy atom. The van der Waals surface area contributed by atoms with Gasteiger partial charge in [-0.2, -0.15) is 0 Å². The van der Waals surface area contributed by atoms with Crippen molar-refractivity contribution in [3.8, 4) is 0 Å². The highest BCUT2D eigenvalue weighted by atomic mass is 16.6. The van der Waals surface area contributed by atoms with Gasteiger partial charge in [0.25, 0.3) is 11.6 Å². The van der Waals surface area contributed by atoms with E-state index in [1.54, 1.807) is 30.3 Å². The quantitative estimate of drug-likeness (QED) is 0.177. The summed E-state index contributed by atoms with van der Waals surface area (Å²) >= 11 is 0. The van der Waals surface area contributed by atoms with E-state index in [0.29, 0.717) is 11.3 Å². The lowest BCUT2D eigenvalue weighted by Crippen LogP contribution is -2.38. The number of nitro groups is 1. The Balaban J connectivity index is 1.58. The fourth-order valence-corrected chi connectivity index (χ4v) is 3.18. The first-order valence-electron chi connectivity index (χ1n) is 9.57. The molecule has 1 aliphatic rings. The van der Waals surface area contributed by atoms with Crippen molar-refractivity contribution in [1.29, 1.82) is 0 Å². The zero-order valence-corrected chi connectivity index (χ0v) is 16.9. The van der Waals surface area contributed by atoms with E-state index in [4.69, 9.17) is 11.5 Å². The lowest BCUT2D eigenvalue weighted by molar-refractivity contribution is -0.384. The summed E-state index contributed by atoms with van der Waals surface area (Å²) in [6.07, 6.45) is -0.132. The molecule has 32 heavy (non-hydrogen) atoms. The van der Waals surface area contributed by atoms with Gasteiger partial charge in [0.2, 0.25) is 5.91 Å². The molecule has 0 aromatic heterocycles. The number of carbonyl (C=O) groups is 3. The van der Waals surface area contributed by atoms with Gasteiger partial charge in [0.15, 0.2) is 5.96 Å². The maximum absolute atomic E-state index is 12.5. The van der Waals surface area contributed by atoms with E-state index < -0.39 is 16.9 Å². The number of rotatable bonds is 8. The lowest BCUT2D eigenvalue weighted by atomic mass is 10.1. The van der Waals surface area contributed by atoms with E-state index in [2.05, 4.69) is 10.3 Å². The molecule has 3 rings (SSSR count). The molecule has 0 bridgehead atoms. The van der Waals surface area contributed by atoms with Crippen molar-refractivity contribution >= 4 is 40.9 Å². The van der Waals surface area contributed by atoms with Crippen LogP contribution in [0.25, 0.3) is 0 Å². The summed E-state index contributed by atoms with van der Waals surface area (Å²) < 4.78 is 0. The monoisotopic (exact) mass is 439 g/mol. The Hall–Kier alpha value is -4.48. The van der Waals surface area contributed by atoms with Gasteiger partial charge in [-0.3, -0.25) is 19.7 Å².